The normalized spacial score (nSPS) is 33.8. The van der Waals surface area contributed by atoms with Crippen LogP contribution >= 0.6 is 0 Å². The first kappa shape index (κ1) is 11.8. The van der Waals surface area contributed by atoms with Crippen molar-refractivity contribution in [2.24, 2.45) is 18.4 Å². The standard InChI is InChI=1S/C11H16F2N4O/c1-16-9(18)17(15-14-16)6-8-2-4-10(5-3-8)7-11(10,12)13/h8H,2-7H2,1H3. The first-order valence-corrected chi connectivity index (χ1v) is 6.28. The Bertz CT molecular complexity index is 513. The lowest BCUT2D eigenvalue weighted by Gasteiger charge is -2.28. The van der Waals surface area contributed by atoms with Crippen LogP contribution in [0.3, 0.4) is 0 Å². The highest BCUT2D eigenvalue weighted by Gasteiger charge is 2.70. The van der Waals surface area contributed by atoms with Gasteiger partial charge >= 0.3 is 5.69 Å². The number of aryl methyl sites for hydroxylation is 1. The Kier molecular flexibility index (Phi) is 2.37. The molecule has 3 rings (SSSR count). The van der Waals surface area contributed by atoms with Gasteiger partial charge in [-0.3, -0.25) is 0 Å². The highest BCUT2D eigenvalue weighted by atomic mass is 19.3. The fourth-order valence-electron chi connectivity index (χ4n) is 3.05. The van der Waals surface area contributed by atoms with Gasteiger partial charge in [0.15, 0.2) is 0 Å². The summed E-state index contributed by atoms with van der Waals surface area (Å²) < 4.78 is 28.9. The van der Waals surface area contributed by atoms with Gasteiger partial charge in [-0.15, -0.1) is 0 Å². The summed E-state index contributed by atoms with van der Waals surface area (Å²) in [6.45, 7) is 0.494. The number of aromatic nitrogens is 4. The number of halogens is 2. The van der Waals surface area contributed by atoms with Gasteiger partial charge in [-0.2, -0.15) is 9.36 Å². The van der Waals surface area contributed by atoms with Crippen LogP contribution in [0.5, 0.6) is 0 Å². The topological polar surface area (TPSA) is 52.7 Å². The highest BCUT2D eigenvalue weighted by Crippen LogP contribution is 2.67. The zero-order valence-electron chi connectivity index (χ0n) is 10.3. The van der Waals surface area contributed by atoms with Gasteiger partial charge in [0.1, 0.15) is 0 Å². The summed E-state index contributed by atoms with van der Waals surface area (Å²) in [6, 6.07) is 0. The first-order valence-electron chi connectivity index (χ1n) is 6.28. The van der Waals surface area contributed by atoms with Crippen molar-refractivity contribution in [2.45, 2.75) is 44.6 Å². The molecule has 7 heteroatoms. The molecule has 0 aliphatic heterocycles. The van der Waals surface area contributed by atoms with Crippen molar-refractivity contribution in [3.05, 3.63) is 10.5 Å². The molecule has 18 heavy (non-hydrogen) atoms. The van der Waals surface area contributed by atoms with Crippen LogP contribution in [0, 0.1) is 11.3 Å². The minimum Gasteiger partial charge on any atom is -0.244 e. The third kappa shape index (κ3) is 1.67. The molecule has 2 saturated carbocycles. The average molecular weight is 258 g/mol. The Hall–Kier alpha value is -1.27. The van der Waals surface area contributed by atoms with Crippen molar-refractivity contribution in [1.82, 2.24) is 19.8 Å². The molecular weight excluding hydrogens is 242 g/mol. The predicted molar refractivity (Wildman–Crippen MR) is 59.2 cm³/mol. The lowest BCUT2D eigenvalue weighted by Crippen LogP contribution is -2.29. The SMILES string of the molecule is Cn1nnn(CC2CCC3(CC2)CC3(F)F)c1=O. The van der Waals surface area contributed by atoms with Gasteiger partial charge < -0.3 is 0 Å². The van der Waals surface area contributed by atoms with E-state index >= 15 is 0 Å². The Morgan fingerprint density at radius 1 is 1.33 bits per heavy atom. The number of tetrazole rings is 1. The monoisotopic (exact) mass is 258 g/mol. The summed E-state index contributed by atoms with van der Waals surface area (Å²) in [5, 5.41) is 7.40. The molecule has 0 bridgehead atoms. The molecule has 5 nitrogen and oxygen atoms in total. The third-order valence-electron chi connectivity index (χ3n) is 4.48. The zero-order valence-corrected chi connectivity index (χ0v) is 10.3. The minimum atomic E-state index is -2.44. The van der Waals surface area contributed by atoms with E-state index in [1.807, 2.05) is 0 Å². The molecule has 0 aromatic carbocycles. The van der Waals surface area contributed by atoms with Crippen molar-refractivity contribution in [3.8, 4) is 0 Å². The molecule has 2 aliphatic rings. The molecule has 0 saturated heterocycles. The van der Waals surface area contributed by atoms with E-state index in [2.05, 4.69) is 10.4 Å². The molecule has 1 aromatic heterocycles. The van der Waals surface area contributed by atoms with E-state index in [-0.39, 0.29) is 18.0 Å². The predicted octanol–water partition coefficient (Wildman–Crippen LogP) is 1.19. The lowest BCUT2D eigenvalue weighted by molar-refractivity contribution is 0.0387. The van der Waals surface area contributed by atoms with Gasteiger partial charge in [0.05, 0.1) is 6.54 Å². The van der Waals surface area contributed by atoms with Gasteiger partial charge in [-0.05, 0) is 42.0 Å². The quantitative estimate of drug-likeness (QED) is 0.800. The van der Waals surface area contributed by atoms with Crippen LogP contribution in [-0.4, -0.2) is 25.7 Å². The summed E-state index contributed by atoms with van der Waals surface area (Å²) in [7, 11) is 1.55. The Labute approximate surface area is 103 Å². The maximum atomic E-state index is 13.2. The van der Waals surface area contributed by atoms with Crippen LogP contribution in [0.1, 0.15) is 32.1 Å². The summed E-state index contributed by atoms with van der Waals surface area (Å²) in [5.41, 5.74) is -0.955. The third-order valence-corrected chi connectivity index (χ3v) is 4.48. The van der Waals surface area contributed by atoms with Gasteiger partial charge in [-0.1, -0.05) is 0 Å². The van der Waals surface area contributed by atoms with Crippen LogP contribution in [-0.2, 0) is 13.6 Å². The summed E-state index contributed by atoms with van der Waals surface area (Å²) >= 11 is 0. The van der Waals surface area contributed by atoms with E-state index in [1.54, 1.807) is 7.05 Å². The summed E-state index contributed by atoms with van der Waals surface area (Å²) in [5.74, 6) is -2.18. The molecule has 0 radical (unpaired) electrons. The van der Waals surface area contributed by atoms with Crippen molar-refractivity contribution >= 4 is 0 Å². The Balaban J connectivity index is 1.61. The van der Waals surface area contributed by atoms with E-state index in [0.29, 0.717) is 19.4 Å². The number of hydrogen-bond acceptors (Lipinski definition) is 3. The fraction of sp³-hybridized carbons (Fsp3) is 0.909. The summed E-state index contributed by atoms with van der Waals surface area (Å²) in [4.78, 5) is 11.6. The van der Waals surface area contributed by atoms with Crippen LogP contribution in [0.15, 0.2) is 4.79 Å². The summed E-state index contributed by atoms with van der Waals surface area (Å²) in [6.07, 6.45) is 2.69. The zero-order chi connectivity index (χ0) is 13.0. The largest absolute Gasteiger partial charge is 0.363 e. The molecule has 2 fully saturated rings. The smallest absolute Gasteiger partial charge is 0.244 e. The van der Waals surface area contributed by atoms with Gasteiger partial charge in [0.25, 0.3) is 5.92 Å². The van der Waals surface area contributed by atoms with Crippen molar-refractivity contribution in [1.29, 1.82) is 0 Å². The highest BCUT2D eigenvalue weighted by molar-refractivity contribution is 5.11. The lowest BCUT2D eigenvalue weighted by atomic mass is 9.79. The molecule has 1 aromatic rings. The molecule has 1 spiro atoms. The maximum absolute atomic E-state index is 13.2. The first-order chi connectivity index (χ1) is 8.44. The molecule has 0 atom stereocenters. The second-order valence-electron chi connectivity index (χ2n) is 5.67. The van der Waals surface area contributed by atoms with Crippen LogP contribution < -0.4 is 5.69 Å². The van der Waals surface area contributed by atoms with E-state index in [4.69, 9.17) is 0 Å². The minimum absolute atomic E-state index is 0.0534. The maximum Gasteiger partial charge on any atom is 0.363 e. The van der Waals surface area contributed by atoms with Gasteiger partial charge in [0, 0.05) is 18.9 Å². The fourth-order valence-corrected chi connectivity index (χ4v) is 3.05. The number of nitrogens with zero attached hydrogens (tertiary/aromatic N) is 4. The number of hydrogen-bond donors (Lipinski definition) is 0. The second-order valence-corrected chi connectivity index (χ2v) is 5.67. The Morgan fingerprint density at radius 2 is 1.94 bits per heavy atom. The van der Waals surface area contributed by atoms with Crippen molar-refractivity contribution < 1.29 is 8.78 Å². The molecule has 0 N–H and O–H groups in total. The van der Waals surface area contributed by atoms with Crippen LogP contribution in [0.25, 0.3) is 0 Å². The van der Waals surface area contributed by atoms with Crippen molar-refractivity contribution in [2.75, 3.05) is 0 Å². The second kappa shape index (κ2) is 3.61. The van der Waals surface area contributed by atoms with Gasteiger partial charge in [0.2, 0.25) is 0 Å². The molecule has 0 unspecified atom stereocenters. The van der Waals surface area contributed by atoms with E-state index in [9.17, 15) is 13.6 Å². The van der Waals surface area contributed by atoms with E-state index < -0.39 is 11.3 Å². The van der Waals surface area contributed by atoms with E-state index in [1.165, 1.54) is 9.36 Å². The van der Waals surface area contributed by atoms with Crippen LogP contribution in [0.2, 0.25) is 0 Å². The molecule has 1 heterocycles. The molecule has 2 aliphatic carbocycles. The van der Waals surface area contributed by atoms with Crippen LogP contribution in [0.4, 0.5) is 8.78 Å². The average Bonchev–Trinajstić information content (AvgIpc) is 2.71. The number of rotatable bonds is 2. The van der Waals surface area contributed by atoms with Crippen molar-refractivity contribution in [3.63, 3.8) is 0 Å². The number of alkyl halides is 2. The molecular formula is C11H16F2N4O. The van der Waals surface area contributed by atoms with Gasteiger partial charge in [-0.25, -0.2) is 13.6 Å². The molecule has 100 valence electrons. The molecule has 0 amide bonds. The Morgan fingerprint density at radius 3 is 2.39 bits per heavy atom. The van der Waals surface area contributed by atoms with E-state index in [0.717, 1.165) is 12.8 Å².